The van der Waals surface area contributed by atoms with Gasteiger partial charge in [-0.05, 0) is 13.1 Å². The lowest BCUT2D eigenvalue weighted by Gasteiger charge is -2.33. The Morgan fingerprint density at radius 2 is 2.07 bits per heavy atom. The summed E-state index contributed by atoms with van der Waals surface area (Å²) in [6, 6.07) is 3.81. The molecule has 0 aliphatic carbocycles. The van der Waals surface area contributed by atoms with Crippen LogP contribution in [0.4, 0.5) is 5.82 Å². The first-order chi connectivity index (χ1) is 7.29. The second-order valence-electron chi connectivity index (χ2n) is 3.64. The van der Waals surface area contributed by atoms with Gasteiger partial charge in [0.15, 0.2) is 0 Å². The number of rotatable bonds is 1. The standard InChI is InChI=1S/C10H13N5/c1-14-4-6-15(7-5-14)10-2-3-12-9(8-11)13-10/h2-3H,4-7H2,1H3. The smallest absolute Gasteiger partial charge is 0.234 e. The van der Waals surface area contributed by atoms with Crippen LogP contribution in [0.5, 0.6) is 0 Å². The van der Waals surface area contributed by atoms with Crippen LogP contribution in [-0.2, 0) is 0 Å². The van der Waals surface area contributed by atoms with Gasteiger partial charge in [0.25, 0.3) is 0 Å². The molecule has 0 amide bonds. The van der Waals surface area contributed by atoms with Crippen molar-refractivity contribution in [2.45, 2.75) is 0 Å². The van der Waals surface area contributed by atoms with Gasteiger partial charge in [-0.15, -0.1) is 0 Å². The number of aromatic nitrogens is 2. The highest BCUT2D eigenvalue weighted by atomic mass is 15.3. The maximum atomic E-state index is 8.70. The molecule has 1 saturated heterocycles. The lowest BCUT2D eigenvalue weighted by Crippen LogP contribution is -2.44. The third-order valence-corrected chi connectivity index (χ3v) is 2.57. The van der Waals surface area contributed by atoms with Crippen molar-refractivity contribution in [3.63, 3.8) is 0 Å². The Bertz CT molecular complexity index is 376. The Morgan fingerprint density at radius 1 is 1.33 bits per heavy atom. The fraction of sp³-hybridized carbons (Fsp3) is 0.500. The molecule has 0 bridgehead atoms. The molecule has 1 aliphatic heterocycles. The molecule has 78 valence electrons. The Hall–Kier alpha value is -1.67. The molecule has 0 atom stereocenters. The van der Waals surface area contributed by atoms with Crippen LogP contribution in [0.3, 0.4) is 0 Å². The molecular weight excluding hydrogens is 190 g/mol. The van der Waals surface area contributed by atoms with Gasteiger partial charge in [0.1, 0.15) is 11.9 Å². The van der Waals surface area contributed by atoms with Crippen LogP contribution in [0, 0.1) is 11.3 Å². The second-order valence-corrected chi connectivity index (χ2v) is 3.64. The molecule has 1 aromatic heterocycles. The summed E-state index contributed by atoms with van der Waals surface area (Å²) >= 11 is 0. The third-order valence-electron chi connectivity index (χ3n) is 2.57. The van der Waals surface area contributed by atoms with Crippen LogP contribution < -0.4 is 4.90 Å². The summed E-state index contributed by atoms with van der Waals surface area (Å²) in [7, 11) is 2.11. The van der Waals surface area contributed by atoms with E-state index in [9.17, 15) is 0 Å². The predicted octanol–water partition coefficient (Wildman–Crippen LogP) is 0.100. The summed E-state index contributed by atoms with van der Waals surface area (Å²) in [4.78, 5) is 12.5. The molecule has 0 N–H and O–H groups in total. The van der Waals surface area contributed by atoms with E-state index in [2.05, 4.69) is 26.8 Å². The molecule has 2 heterocycles. The van der Waals surface area contributed by atoms with Gasteiger partial charge < -0.3 is 9.80 Å². The van der Waals surface area contributed by atoms with E-state index in [0.717, 1.165) is 32.0 Å². The average molecular weight is 203 g/mol. The SMILES string of the molecule is CN1CCN(c2ccnc(C#N)n2)CC1. The van der Waals surface area contributed by atoms with Crippen molar-refractivity contribution in [2.24, 2.45) is 0 Å². The molecule has 0 unspecified atom stereocenters. The lowest BCUT2D eigenvalue weighted by molar-refractivity contribution is 0.312. The van der Waals surface area contributed by atoms with Crippen molar-refractivity contribution >= 4 is 5.82 Å². The highest BCUT2D eigenvalue weighted by Gasteiger charge is 2.15. The molecule has 0 radical (unpaired) electrons. The number of likely N-dealkylation sites (N-methyl/N-ethyl adjacent to an activating group) is 1. The first-order valence-corrected chi connectivity index (χ1v) is 4.96. The van der Waals surface area contributed by atoms with E-state index in [1.165, 1.54) is 0 Å². The minimum Gasteiger partial charge on any atom is -0.354 e. The molecule has 0 saturated carbocycles. The Kier molecular flexibility index (Phi) is 2.79. The van der Waals surface area contributed by atoms with Crippen LogP contribution in [0.1, 0.15) is 5.82 Å². The van der Waals surface area contributed by atoms with E-state index < -0.39 is 0 Å². The van der Waals surface area contributed by atoms with Crippen LogP contribution in [0.15, 0.2) is 12.3 Å². The molecular formula is C10H13N5. The van der Waals surface area contributed by atoms with Crippen molar-refractivity contribution in [1.29, 1.82) is 5.26 Å². The fourth-order valence-corrected chi connectivity index (χ4v) is 1.61. The molecule has 1 aliphatic rings. The van der Waals surface area contributed by atoms with Gasteiger partial charge in [-0.25, -0.2) is 9.97 Å². The first kappa shape index (κ1) is 9.87. The fourth-order valence-electron chi connectivity index (χ4n) is 1.61. The summed E-state index contributed by atoms with van der Waals surface area (Å²) in [5.41, 5.74) is 0. The number of anilines is 1. The van der Waals surface area contributed by atoms with E-state index in [1.54, 1.807) is 6.20 Å². The molecule has 0 spiro atoms. The van der Waals surface area contributed by atoms with Gasteiger partial charge in [-0.1, -0.05) is 0 Å². The number of hydrogen-bond donors (Lipinski definition) is 0. The topological polar surface area (TPSA) is 56.0 Å². The van der Waals surface area contributed by atoms with E-state index in [4.69, 9.17) is 5.26 Å². The van der Waals surface area contributed by atoms with Crippen LogP contribution in [-0.4, -0.2) is 48.1 Å². The number of nitrogens with zero attached hydrogens (tertiary/aromatic N) is 5. The lowest BCUT2D eigenvalue weighted by atomic mass is 10.3. The molecule has 5 nitrogen and oxygen atoms in total. The van der Waals surface area contributed by atoms with Gasteiger partial charge in [0, 0.05) is 32.4 Å². The van der Waals surface area contributed by atoms with Crippen molar-refractivity contribution in [2.75, 3.05) is 38.1 Å². The molecule has 5 heteroatoms. The van der Waals surface area contributed by atoms with Crippen LogP contribution >= 0.6 is 0 Å². The minimum absolute atomic E-state index is 0.242. The molecule has 1 aromatic rings. The second kappa shape index (κ2) is 4.24. The van der Waals surface area contributed by atoms with Crippen molar-refractivity contribution < 1.29 is 0 Å². The van der Waals surface area contributed by atoms with E-state index in [-0.39, 0.29) is 5.82 Å². The summed E-state index contributed by atoms with van der Waals surface area (Å²) in [5.74, 6) is 1.10. The van der Waals surface area contributed by atoms with Gasteiger partial charge in [0.2, 0.25) is 5.82 Å². The largest absolute Gasteiger partial charge is 0.354 e. The van der Waals surface area contributed by atoms with Gasteiger partial charge >= 0.3 is 0 Å². The third kappa shape index (κ3) is 2.22. The molecule has 1 fully saturated rings. The van der Waals surface area contributed by atoms with Crippen LogP contribution in [0.2, 0.25) is 0 Å². The van der Waals surface area contributed by atoms with E-state index in [0.29, 0.717) is 0 Å². The first-order valence-electron chi connectivity index (χ1n) is 4.96. The zero-order chi connectivity index (χ0) is 10.7. The maximum Gasteiger partial charge on any atom is 0.234 e. The Labute approximate surface area is 89.0 Å². The van der Waals surface area contributed by atoms with Gasteiger partial charge in [-0.2, -0.15) is 5.26 Å². The van der Waals surface area contributed by atoms with E-state index >= 15 is 0 Å². The molecule has 0 aromatic carbocycles. The maximum absolute atomic E-state index is 8.70. The normalized spacial score (nSPS) is 17.5. The summed E-state index contributed by atoms with van der Waals surface area (Å²) < 4.78 is 0. The molecule has 2 rings (SSSR count). The summed E-state index contributed by atoms with van der Waals surface area (Å²) in [6.45, 7) is 3.98. The predicted molar refractivity (Wildman–Crippen MR) is 56.5 cm³/mol. The zero-order valence-corrected chi connectivity index (χ0v) is 8.72. The summed E-state index contributed by atoms with van der Waals surface area (Å²) in [5, 5.41) is 8.70. The number of nitriles is 1. The highest BCUT2D eigenvalue weighted by molar-refractivity contribution is 5.39. The zero-order valence-electron chi connectivity index (χ0n) is 8.72. The highest BCUT2D eigenvalue weighted by Crippen LogP contribution is 2.11. The van der Waals surface area contributed by atoms with Crippen molar-refractivity contribution in [3.05, 3.63) is 18.1 Å². The Balaban J connectivity index is 2.12. The van der Waals surface area contributed by atoms with Crippen molar-refractivity contribution in [1.82, 2.24) is 14.9 Å². The molecule has 15 heavy (non-hydrogen) atoms. The monoisotopic (exact) mass is 203 g/mol. The number of hydrogen-bond acceptors (Lipinski definition) is 5. The van der Waals surface area contributed by atoms with Crippen LogP contribution in [0.25, 0.3) is 0 Å². The van der Waals surface area contributed by atoms with Gasteiger partial charge in [-0.3, -0.25) is 0 Å². The average Bonchev–Trinajstić information content (AvgIpc) is 2.30. The summed E-state index contributed by atoms with van der Waals surface area (Å²) in [6.07, 6.45) is 1.64. The van der Waals surface area contributed by atoms with Crippen molar-refractivity contribution in [3.8, 4) is 6.07 Å². The van der Waals surface area contributed by atoms with E-state index in [1.807, 2.05) is 12.1 Å². The number of piperazine rings is 1. The quantitative estimate of drug-likeness (QED) is 0.648. The minimum atomic E-state index is 0.242. The van der Waals surface area contributed by atoms with Gasteiger partial charge in [0.05, 0.1) is 0 Å². The Morgan fingerprint density at radius 3 is 2.73 bits per heavy atom.